The molecule has 1 rings (SSSR count). The van der Waals surface area contributed by atoms with E-state index in [9.17, 15) is 9.59 Å². The zero-order valence-corrected chi connectivity index (χ0v) is 13.6. The Hall–Kier alpha value is -1.57. The molecule has 0 spiro atoms. The standard InChI is InChI=1S/C15H22N2O4S/c1-10(17-21-15(20)13(16)7-8-22-2)9-11-5-3-4-6-12(11)14(18)19/h3-6,10,13,17H,7-9,16H2,1-2H3,(H,18,19)/t10-,13+/m1/s1. The number of nitrogens with one attached hydrogen (secondary N) is 1. The Kier molecular flexibility index (Phi) is 7.94. The molecule has 0 bridgehead atoms. The van der Waals surface area contributed by atoms with E-state index in [0.717, 1.165) is 5.75 Å². The first-order valence-corrected chi connectivity index (χ1v) is 8.37. The van der Waals surface area contributed by atoms with Crippen molar-refractivity contribution >= 4 is 23.7 Å². The van der Waals surface area contributed by atoms with E-state index >= 15 is 0 Å². The van der Waals surface area contributed by atoms with Crippen LogP contribution in [0.3, 0.4) is 0 Å². The third-order valence-electron chi connectivity index (χ3n) is 3.07. The first-order chi connectivity index (χ1) is 10.5. The second-order valence-electron chi connectivity index (χ2n) is 4.99. The van der Waals surface area contributed by atoms with E-state index in [1.165, 1.54) is 0 Å². The number of hydroxylamine groups is 1. The van der Waals surface area contributed by atoms with Gasteiger partial charge in [0.15, 0.2) is 0 Å². The van der Waals surface area contributed by atoms with Gasteiger partial charge in [0, 0.05) is 6.04 Å². The first kappa shape index (κ1) is 18.5. The quantitative estimate of drug-likeness (QED) is 0.590. The van der Waals surface area contributed by atoms with Gasteiger partial charge in [-0.3, -0.25) is 0 Å². The van der Waals surface area contributed by atoms with Gasteiger partial charge < -0.3 is 15.7 Å². The number of hydrogen-bond donors (Lipinski definition) is 3. The van der Waals surface area contributed by atoms with Crippen LogP contribution in [0.4, 0.5) is 0 Å². The smallest absolute Gasteiger partial charge is 0.341 e. The second-order valence-corrected chi connectivity index (χ2v) is 5.98. The van der Waals surface area contributed by atoms with Crippen molar-refractivity contribution in [3.05, 3.63) is 35.4 Å². The van der Waals surface area contributed by atoms with Crippen molar-refractivity contribution in [2.24, 2.45) is 5.73 Å². The highest BCUT2D eigenvalue weighted by molar-refractivity contribution is 7.98. The normalized spacial score (nSPS) is 13.4. The largest absolute Gasteiger partial charge is 0.478 e. The van der Waals surface area contributed by atoms with Crippen LogP contribution < -0.4 is 11.2 Å². The third-order valence-corrected chi connectivity index (χ3v) is 3.71. The van der Waals surface area contributed by atoms with Gasteiger partial charge in [-0.1, -0.05) is 18.2 Å². The molecule has 0 unspecified atom stereocenters. The van der Waals surface area contributed by atoms with Gasteiger partial charge in [0.2, 0.25) is 0 Å². The SMILES string of the molecule is CSCC[C@H](N)C(=O)ON[C@H](C)Cc1ccccc1C(=O)O. The molecule has 0 aliphatic carbocycles. The molecule has 0 heterocycles. The van der Waals surface area contributed by atoms with Crippen molar-refractivity contribution in [2.75, 3.05) is 12.0 Å². The molecule has 0 amide bonds. The molecule has 0 radical (unpaired) electrons. The number of rotatable bonds is 9. The Balaban J connectivity index is 2.48. The van der Waals surface area contributed by atoms with Crippen LogP contribution in [-0.2, 0) is 16.1 Å². The molecule has 122 valence electrons. The highest BCUT2D eigenvalue weighted by atomic mass is 32.2. The van der Waals surface area contributed by atoms with Crippen molar-refractivity contribution < 1.29 is 19.5 Å². The zero-order valence-electron chi connectivity index (χ0n) is 12.7. The highest BCUT2D eigenvalue weighted by Crippen LogP contribution is 2.11. The average Bonchev–Trinajstić information content (AvgIpc) is 2.50. The van der Waals surface area contributed by atoms with Crippen LogP contribution in [0.5, 0.6) is 0 Å². The molecule has 1 aromatic rings. The number of carbonyl (C=O) groups excluding carboxylic acids is 1. The lowest BCUT2D eigenvalue weighted by Crippen LogP contribution is -2.39. The number of aromatic carboxylic acids is 1. The minimum Gasteiger partial charge on any atom is -0.478 e. The van der Waals surface area contributed by atoms with Gasteiger partial charge in [-0.05, 0) is 43.4 Å². The summed E-state index contributed by atoms with van der Waals surface area (Å²) >= 11 is 1.61. The van der Waals surface area contributed by atoms with Crippen molar-refractivity contribution in [3.8, 4) is 0 Å². The van der Waals surface area contributed by atoms with Gasteiger partial charge in [0.05, 0.1) is 5.56 Å². The Labute approximate surface area is 134 Å². The number of thioether (sulfide) groups is 1. The maximum absolute atomic E-state index is 11.7. The van der Waals surface area contributed by atoms with Crippen molar-refractivity contribution in [1.29, 1.82) is 0 Å². The third kappa shape index (κ3) is 6.05. The van der Waals surface area contributed by atoms with Gasteiger partial charge in [0.25, 0.3) is 0 Å². The predicted molar refractivity (Wildman–Crippen MR) is 86.8 cm³/mol. The van der Waals surface area contributed by atoms with E-state index in [4.69, 9.17) is 15.7 Å². The summed E-state index contributed by atoms with van der Waals surface area (Å²) < 4.78 is 0. The van der Waals surface area contributed by atoms with Crippen molar-refractivity contribution in [2.45, 2.75) is 31.8 Å². The minimum absolute atomic E-state index is 0.225. The fourth-order valence-electron chi connectivity index (χ4n) is 1.88. The van der Waals surface area contributed by atoms with E-state index in [2.05, 4.69) is 5.48 Å². The molecule has 22 heavy (non-hydrogen) atoms. The first-order valence-electron chi connectivity index (χ1n) is 6.97. The molecule has 1 aromatic carbocycles. The van der Waals surface area contributed by atoms with E-state index in [-0.39, 0.29) is 11.6 Å². The summed E-state index contributed by atoms with van der Waals surface area (Å²) in [7, 11) is 0. The zero-order chi connectivity index (χ0) is 16.5. The monoisotopic (exact) mass is 326 g/mol. The number of carboxylic acid groups (broad SMARTS) is 1. The number of benzene rings is 1. The van der Waals surface area contributed by atoms with Gasteiger partial charge in [-0.2, -0.15) is 11.8 Å². The van der Waals surface area contributed by atoms with Crippen LogP contribution in [0.1, 0.15) is 29.3 Å². The summed E-state index contributed by atoms with van der Waals surface area (Å²) in [5.74, 6) is -0.691. The average molecular weight is 326 g/mol. The maximum Gasteiger partial charge on any atom is 0.341 e. The number of carboxylic acids is 1. The topological polar surface area (TPSA) is 102 Å². The number of hydrogen-bond acceptors (Lipinski definition) is 6. The molecule has 0 aliphatic heterocycles. The van der Waals surface area contributed by atoms with E-state index in [1.54, 1.807) is 43.0 Å². The molecule has 0 fully saturated rings. The fraction of sp³-hybridized carbons (Fsp3) is 0.467. The molecule has 2 atom stereocenters. The van der Waals surface area contributed by atoms with E-state index in [0.29, 0.717) is 18.4 Å². The molecule has 4 N–H and O–H groups in total. The van der Waals surface area contributed by atoms with Crippen molar-refractivity contribution in [1.82, 2.24) is 5.48 Å². The molecule has 0 aromatic heterocycles. The lowest BCUT2D eigenvalue weighted by Gasteiger charge is -2.16. The molecule has 0 saturated heterocycles. The second kappa shape index (κ2) is 9.45. The molecular weight excluding hydrogens is 304 g/mol. The maximum atomic E-state index is 11.7. The van der Waals surface area contributed by atoms with Crippen molar-refractivity contribution in [3.63, 3.8) is 0 Å². The summed E-state index contributed by atoms with van der Waals surface area (Å²) in [4.78, 5) is 27.8. The molecule has 7 heteroatoms. The van der Waals surface area contributed by atoms with Crippen LogP contribution in [0, 0.1) is 0 Å². The van der Waals surface area contributed by atoms with Gasteiger partial charge in [-0.25, -0.2) is 9.59 Å². The molecule has 6 nitrogen and oxygen atoms in total. The number of carbonyl (C=O) groups is 2. The lowest BCUT2D eigenvalue weighted by atomic mass is 10.0. The summed E-state index contributed by atoms with van der Waals surface area (Å²) in [5, 5.41) is 9.13. The number of nitrogens with two attached hydrogens (primary N) is 1. The highest BCUT2D eigenvalue weighted by Gasteiger charge is 2.17. The van der Waals surface area contributed by atoms with E-state index in [1.807, 2.05) is 6.26 Å². The van der Waals surface area contributed by atoms with E-state index < -0.39 is 18.0 Å². The van der Waals surface area contributed by atoms with Gasteiger partial charge in [0.1, 0.15) is 6.04 Å². The van der Waals surface area contributed by atoms with Gasteiger partial charge >= 0.3 is 11.9 Å². The predicted octanol–water partition coefficient (Wildman–Crippen LogP) is 1.44. The van der Waals surface area contributed by atoms with Crippen LogP contribution in [-0.4, -0.2) is 41.1 Å². The van der Waals surface area contributed by atoms with Crippen LogP contribution in [0.25, 0.3) is 0 Å². The summed E-state index contributed by atoms with van der Waals surface area (Å²) in [6.07, 6.45) is 2.92. The lowest BCUT2D eigenvalue weighted by molar-refractivity contribution is -0.154. The van der Waals surface area contributed by atoms with Crippen LogP contribution in [0.15, 0.2) is 24.3 Å². The summed E-state index contributed by atoms with van der Waals surface area (Å²) in [5.41, 5.74) is 9.25. The Morgan fingerprint density at radius 2 is 2.09 bits per heavy atom. The Bertz CT molecular complexity index is 510. The molecular formula is C15H22N2O4S. The fourth-order valence-corrected chi connectivity index (χ4v) is 2.37. The van der Waals surface area contributed by atoms with Gasteiger partial charge in [-0.15, -0.1) is 5.48 Å². The molecule has 0 aliphatic rings. The van der Waals surface area contributed by atoms with Crippen LogP contribution in [0.2, 0.25) is 0 Å². The van der Waals surface area contributed by atoms with Crippen LogP contribution >= 0.6 is 11.8 Å². The Morgan fingerprint density at radius 3 is 2.73 bits per heavy atom. The Morgan fingerprint density at radius 1 is 1.41 bits per heavy atom. The summed E-state index contributed by atoms with van der Waals surface area (Å²) in [6.45, 7) is 1.80. The summed E-state index contributed by atoms with van der Waals surface area (Å²) in [6, 6.07) is 5.87. The molecule has 0 saturated carbocycles. The minimum atomic E-state index is -0.973.